The molecule has 2 N–H and O–H groups in total. The topological polar surface area (TPSA) is 86.7 Å². The summed E-state index contributed by atoms with van der Waals surface area (Å²) in [4.78, 5) is 10.6. The SMILES string of the molecule is CN(CCC(=O)O)S(=O)(=O)NC1CC2CC1C1CCCC21. The van der Waals surface area contributed by atoms with Crippen LogP contribution in [0.1, 0.15) is 38.5 Å². The average molecular weight is 316 g/mol. The normalized spacial score (nSPS) is 38.1. The molecule has 5 atom stereocenters. The quantitative estimate of drug-likeness (QED) is 0.767. The summed E-state index contributed by atoms with van der Waals surface area (Å²) in [5, 5.41) is 8.66. The van der Waals surface area contributed by atoms with E-state index in [1.54, 1.807) is 0 Å². The van der Waals surface area contributed by atoms with Crippen LogP contribution in [0, 0.1) is 23.7 Å². The predicted octanol–water partition coefficient (Wildman–Crippen LogP) is 1.05. The van der Waals surface area contributed by atoms with E-state index in [0.717, 1.165) is 16.6 Å². The maximum Gasteiger partial charge on any atom is 0.304 e. The molecule has 0 radical (unpaired) electrons. The van der Waals surface area contributed by atoms with Crippen molar-refractivity contribution < 1.29 is 18.3 Å². The Hall–Kier alpha value is -0.660. The van der Waals surface area contributed by atoms with Crippen LogP contribution in [0.3, 0.4) is 0 Å². The van der Waals surface area contributed by atoms with Gasteiger partial charge in [-0.15, -0.1) is 0 Å². The van der Waals surface area contributed by atoms with Crippen LogP contribution in [-0.2, 0) is 15.0 Å². The minimum atomic E-state index is -3.57. The summed E-state index contributed by atoms with van der Waals surface area (Å²) in [6.07, 6.45) is 5.82. The third-order valence-electron chi connectivity index (χ3n) is 5.78. The van der Waals surface area contributed by atoms with Crippen LogP contribution in [0.2, 0.25) is 0 Å². The van der Waals surface area contributed by atoms with Gasteiger partial charge in [-0.2, -0.15) is 17.4 Å². The van der Waals surface area contributed by atoms with Gasteiger partial charge in [-0.3, -0.25) is 4.79 Å². The highest BCUT2D eigenvalue weighted by molar-refractivity contribution is 7.87. The number of fused-ring (bicyclic) bond motifs is 5. The molecule has 3 aliphatic rings. The third-order valence-corrected chi connectivity index (χ3v) is 7.38. The molecule has 7 heteroatoms. The van der Waals surface area contributed by atoms with E-state index in [0.29, 0.717) is 17.8 Å². The fraction of sp³-hybridized carbons (Fsp3) is 0.929. The Morgan fingerprint density at radius 2 is 1.95 bits per heavy atom. The molecule has 2 bridgehead atoms. The molecule has 3 fully saturated rings. The molecule has 0 saturated heterocycles. The van der Waals surface area contributed by atoms with Crippen LogP contribution < -0.4 is 4.72 Å². The van der Waals surface area contributed by atoms with E-state index in [2.05, 4.69) is 4.72 Å². The maximum absolute atomic E-state index is 12.3. The van der Waals surface area contributed by atoms with E-state index in [9.17, 15) is 13.2 Å². The second-order valence-electron chi connectivity index (χ2n) is 6.85. The predicted molar refractivity (Wildman–Crippen MR) is 77.8 cm³/mol. The first-order chi connectivity index (χ1) is 9.88. The Kier molecular flexibility index (Phi) is 4.00. The second kappa shape index (κ2) is 5.52. The van der Waals surface area contributed by atoms with Crippen LogP contribution in [0.5, 0.6) is 0 Å². The number of carbonyl (C=O) groups is 1. The number of hydrogen-bond acceptors (Lipinski definition) is 3. The van der Waals surface area contributed by atoms with Crippen LogP contribution in [-0.4, -0.2) is 43.4 Å². The highest BCUT2D eigenvalue weighted by Gasteiger charge is 2.54. The molecule has 3 aliphatic carbocycles. The number of carboxylic acid groups (broad SMARTS) is 1. The highest BCUT2D eigenvalue weighted by atomic mass is 32.2. The van der Waals surface area contributed by atoms with E-state index in [4.69, 9.17) is 5.11 Å². The summed E-state index contributed by atoms with van der Waals surface area (Å²) in [6.45, 7) is 0.0114. The number of aliphatic carboxylic acids is 1. The molecule has 6 nitrogen and oxygen atoms in total. The first kappa shape index (κ1) is 15.2. The molecule has 0 aromatic heterocycles. The van der Waals surface area contributed by atoms with Gasteiger partial charge in [0.05, 0.1) is 6.42 Å². The molecular weight excluding hydrogens is 292 g/mol. The van der Waals surface area contributed by atoms with Gasteiger partial charge >= 0.3 is 5.97 Å². The zero-order valence-corrected chi connectivity index (χ0v) is 13.2. The lowest BCUT2D eigenvalue weighted by atomic mass is 9.79. The minimum Gasteiger partial charge on any atom is -0.481 e. The molecule has 120 valence electrons. The van der Waals surface area contributed by atoms with Gasteiger partial charge in [0.2, 0.25) is 0 Å². The molecule has 21 heavy (non-hydrogen) atoms. The number of nitrogens with one attached hydrogen (secondary N) is 1. The fourth-order valence-electron chi connectivity index (χ4n) is 4.86. The summed E-state index contributed by atoms with van der Waals surface area (Å²) >= 11 is 0. The molecule has 0 spiro atoms. The maximum atomic E-state index is 12.3. The monoisotopic (exact) mass is 316 g/mol. The van der Waals surface area contributed by atoms with E-state index in [-0.39, 0.29) is 19.0 Å². The molecule has 0 aliphatic heterocycles. The molecular formula is C14H24N2O4S. The molecule has 5 unspecified atom stereocenters. The van der Waals surface area contributed by atoms with E-state index in [1.807, 2.05) is 0 Å². The molecule has 0 amide bonds. The largest absolute Gasteiger partial charge is 0.481 e. The molecule has 0 heterocycles. The van der Waals surface area contributed by atoms with Gasteiger partial charge in [-0.05, 0) is 49.4 Å². The van der Waals surface area contributed by atoms with Gasteiger partial charge in [0, 0.05) is 19.6 Å². The van der Waals surface area contributed by atoms with Crippen molar-refractivity contribution in [2.75, 3.05) is 13.6 Å². The first-order valence-electron chi connectivity index (χ1n) is 7.84. The number of rotatable bonds is 6. The number of nitrogens with zero attached hydrogens (tertiary/aromatic N) is 1. The summed E-state index contributed by atoms with van der Waals surface area (Å²) in [7, 11) is -2.13. The summed E-state index contributed by atoms with van der Waals surface area (Å²) in [5.41, 5.74) is 0. The third kappa shape index (κ3) is 2.83. The Labute approximate surface area is 126 Å². The highest BCUT2D eigenvalue weighted by Crippen LogP contribution is 2.58. The van der Waals surface area contributed by atoms with E-state index < -0.39 is 16.2 Å². The Bertz CT molecular complexity index is 521. The smallest absolute Gasteiger partial charge is 0.304 e. The van der Waals surface area contributed by atoms with Gasteiger partial charge in [-0.25, -0.2) is 0 Å². The van der Waals surface area contributed by atoms with E-state index >= 15 is 0 Å². The minimum absolute atomic E-state index is 0.0114. The van der Waals surface area contributed by atoms with Crippen LogP contribution in [0.25, 0.3) is 0 Å². The Morgan fingerprint density at radius 1 is 1.24 bits per heavy atom. The molecule has 0 aromatic carbocycles. The van der Waals surface area contributed by atoms with Crippen molar-refractivity contribution in [3.05, 3.63) is 0 Å². The average Bonchev–Trinajstić information content (AvgIpc) is 3.06. The number of carboxylic acids is 1. The lowest BCUT2D eigenvalue weighted by Gasteiger charge is -2.32. The van der Waals surface area contributed by atoms with Crippen molar-refractivity contribution in [1.29, 1.82) is 0 Å². The Balaban J connectivity index is 1.60. The number of hydrogen-bond donors (Lipinski definition) is 2. The fourth-order valence-corrected chi connectivity index (χ4v) is 6.02. The van der Waals surface area contributed by atoms with Crippen molar-refractivity contribution in [2.45, 2.75) is 44.6 Å². The van der Waals surface area contributed by atoms with Crippen molar-refractivity contribution in [2.24, 2.45) is 23.7 Å². The second-order valence-corrected chi connectivity index (χ2v) is 8.66. The Morgan fingerprint density at radius 3 is 2.67 bits per heavy atom. The van der Waals surface area contributed by atoms with Crippen LogP contribution in [0.15, 0.2) is 0 Å². The van der Waals surface area contributed by atoms with Crippen LogP contribution in [0.4, 0.5) is 0 Å². The standard InChI is InChI=1S/C14H24N2O4S/c1-16(6-5-14(17)18)21(19,20)15-13-8-9-7-12(13)11-4-2-3-10(9)11/h9-13,15H,2-8H2,1H3,(H,17,18). The van der Waals surface area contributed by atoms with Gasteiger partial charge in [0.15, 0.2) is 0 Å². The van der Waals surface area contributed by atoms with Gasteiger partial charge in [0.1, 0.15) is 0 Å². The summed E-state index contributed by atoms with van der Waals surface area (Å²) < 4.78 is 28.5. The van der Waals surface area contributed by atoms with Gasteiger partial charge < -0.3 is 5.11 Å². The first-order valence-corrected chi connectivity index (χ1v) is 9.28. The molecule has 3 saturated carbocycles. The summed E-state index contributed by atoms with van der Waals surface area (Å²) in [5.74, 6) is 1.75. The van der Waals surface area contributed by atoms with Crippen molar-refractivity contribution in [3.63, 3.8) is 0 Å². The van der Waals surface area contributed by atoms with Crippen molar-refractivity contribution in [1.82, 2.24) is 9.03 Å². The van der Waals surface area contributed by atoms with Gasteiger partial charge in [-0.1, -0.05) is 6.42 Å². The van der Waals surface area contributed by atoms with Crippen molar-refractivity contribution >= 4 is 16.2 Å². The van der Waals surface area contributed by atoms with Crippen LogP contribution >= 0.6 is 0 Å². The molecule has 3 rings (SSSR count). The van der Waals surface area contributed by atoms with Crippen molar-refractivity contribution in [3.8, 4) is 0 Å². The van der Waals surface area contributed by atoms with Gasteiger partial charge in [0.25, 0.3) is 10.2 Å². The summed E-state index contributed by atoms with van der Waals surface area (Å²) in [6, 6.07) is 0.0478. The lowest BCUT2D eigenvalue weighted by molar-refractivity contribution is -0.137. The lowest BCUT2D eigenvalue weighted by Crippen LogP contribution is -2.48. The zero-order valence-electron chi connectivity index (χ0n) is 12.4. The molecule has 0 aromatic rings. The van der Waals surface area contributed by atoms with E-state index in [1.165, 1.54) is 32.7 Å². The zero-order chi connectivity index (χ0) is 15.2.